The SMILES string of the molecule is COC1CC(CC(=O)O)N(C(=O)Cc2ccc(F)cc2Cl)C1. The van der Waals surface area contributed by atoms with E-state index in [2.05, 4.69) is 0 Å². The number of hydrogen-bond acceptors (Lipinski definition) is 3. The summed E-state index contributed by atoms with van der Waals surface area (Å²) in [6, 6.07) is 3.46. The van der Waals surface area contributed by atoms with Crippen LogP contribution in [-0.2, 0) is 20.7 Å². The Balaban J connectivity index is 2.10. The van der Waals surface area contributed by atoms with E-state index in [0.717, 1.165) is 6.07 Å². The largest absolute Gasteiger partial charge is 0.481 e. The second-order valence-corrected chi connectivity index (χ2v) is 5.71. The maximum absolute atomic E-state index is 13.0. The van der Waals surface area contributed by atoms with Crippen molar-refractivity contribution in [3.05, 3.63) is 34.6 Å². The van der Waals surface area contributed by atoms with Gasteiger partial charge in [0.25, 0.3) is 0 Å². The van der Waals surface area contributed by atoms with E-state index in [1.807, 2.05) is 0 Å². The summed E-state index contributed by atoms with van der Waals surface area (Å²) >= 11 is 5.93. The van der Waals surface area contributed by atoms with Crippen LogP contribution in [-0.4, -0.2) is 47.7 Å². The number of carbonyl (C=O) groups excluding carboxylic acids is 1. The number of carboxylic acid groups (broad SMARTS) is 1. The maximum Gasteiger partial charge on any atom is 0.305 e. The molecule has 2 atom stereocenters. The smallest absolute Gasteiger partial charge is 0.305 e. The van der Waals surface area contributed by atoms with Crippen molar-refractivity contribution >= 4 is 23.5 Å². The van der Waals surface area contributed by atoms with E-state index in [4.69, 9.17) is 21.4 Å². The molecule has 1 amide bonds. The Morgan fingerprint density at radius 2 is 2.23 bits per heavy atom. The quantitative estimate of drug-likeness (QED) is 0.898. The van der Waals surface area contributed by atoms with E-state index < -0.39 is 17.8 Å². The van der Waals surface area contributed by atoms with Crippen LogP contribution in [0, 0.1) is 5.82 Å². The van der Waals surface area contributed by atoms with Crippen LogP contribution in [0.4, 0.5) is 4.39 Å². The number of carbonyl (C=O) groups is 2. The Morgan fingerprint density at radius 3 is 2.82 bits per heavy atom. The summed E-state index contributed by atoms with van der Waals surface area (Å²) in [4.78, 5) is 24.9. The van der Waals surface area contributed by atoms with Crippen LogP contribution >= 0.6 is 11.6 Å². The molecule has 0 spiro atoms. The molecule has 1 heterocycles. The predicted octanol–water partition coefficient (Wildman–Crippen LogP) is 2.11. The maximum atomic E-state index is 13.0. The molecule has 0 aliphatic carbocycles. The highest BCUT2D eigenvalue weighted by Gasteiger charge is 2.36. The number of aliphatic carboxylic acids is 1. The zero-order valence-corrected chi connectivity index (χ0v) is 12.8. The molecule has 22 heavy (non-hydrogen) atoms. The van der Waals surface area contributed by atoms with Crippen molar-refractivity contribution in [3.63, 3.8) is 0 Å². The second kappa shape index (κ2) is 7.07. The van der Waals surface area contributed by atoms with Gasteiger partial charge in [-0.3, -0.25) is 9.59 Å². The van der Waals surface area contributed by atoms with Crippen LogP contribution in [0.5, 0.6) is 0 Å². The lowest BCUT2D eigenvalue weighted by Gasteiger charge is -2.23. The summed E-state index contributed by atoms with van der Waals surface area (Å²) in [6.45, 7) is 0.353. The van der Waals surface area contributed by atoms with Crippen molar-refractivity contribution in [1.29, 1.82) is 0 Å². The first-order valence-corrected chi connectivity index (χ1v) is 7.26. The van der Waals surface area contributed by atoms with Gasteiger partial charge in [0.05, 0.1) is 18.9 Å². The molecule has 1 aliphatic rings. The molecule has 0 radical (unpaired) electrons. The van der Waals surface area contributed by atoms with Gasteiger partial charge in [-0.15, -0.1) is 0 Å². The topological polar surface area (TPSA) is 66.8 Å². The van der Waals surface area contributed by atoms with Crippen LogP contribution < -0.4 is 0 Å². The molecule has 0 saturated carbocycles. The zero-order valence-electron chi connectivity index (χ0n) is 12.1. The number of rotatable bonds is 5. The number of ether oxygens (including phenoxy) is 1. The molecule has 2 rings (SSSR count). The lowest BCUT2D eigenvalue weighted by molar-refractivity contribution is -0.139. The molecule has 7 heteroatoms. The van der Waals surface area contributed by atoms with E-state index in [9.17, 15) is 14.0 Å². The third kappa shape index (κ3) is 3.96. The van der Waals surface area contributed by atoms with Crippen LogP contribution in [0.25, 0.3) is 0 Å². The van der Waals surface area contributed by atoms with Gasteiger partial charge in [0.15, 0.2) is 0 Å². The molecule has 1 aromatic carbocycles. The van der Waals surface area contributed by atoms with Gasteiger partial charge in [0.1, 0.15) is 5.82 Å². The van der Waals surface area contributed by atoms with Crippen LogP contribution in [0.3, 0.4) is 0 Å². The van der Waals surface area contributed by atoms with E-state index in [0.29, 0.717) is 18.5 Å². The predicted molar refractivity (Wildman–Crippen MR) is 78.3 cm³/mol. The van der Waals surface area contributed by atoms with Gasteiger partial charge in [-0.25, -0.2) is 4.39 Å². The van der Waals surface area contributed by atoms with Gasteiger partial charge in [0.2, 0.25) is 5.91 Å². The molecular weight excluding hydrogens is 313 g/mol. The van der Waals surface area contributed by atoms with Gasteiger partial charge in [-0.2, -0.15) is 0 Å². The third-order valence-corrected chi connectivity index (χ3v) is 4.15. The van der Waals surface area contributed by atoms with Crippen LogP contribution in [0.1, 0.15) is 18.4 Å². The minimum Gasteiger partial charge on any atom is -0.481 e. The first-order valence-electron chi connectivity index (χ1n) is 6.88. The number of likely N-dealkylation sites (tertiary alicyclic amines) is 1. The highest BCUT2D eigenvalue weighted by molar-refractivity contribution is 6.31. The second-order valence-electron chi connectivity index (χ2n) is 5.30. The van der Waals surface area contributed by atoms with Crippen molar-refractivity contribution in [2.45, 2.75) is 31.4 Å². The fourth-order valence-corrected chi connectivity index (χ4v) is 2.91. The van der Waals surface area contributed by atoms with Crippen molar-refractivity contribution in [1.82, 2.24) is 4.90 Å². The van der Waals surface area contributed by atoms with Crippen molar-refractivity contribution in [2.75, 3.05) is 13.7 Å². The number of hydrogen-bond donors (Lipinski definition) is 1. The third-order valence-electron chi connectivity index (χ3n) is 3.80. The van der Waals surface area contributed by atoms with E-state index in [1.54, 1.807) is 0 Å². The van der Waals surface area contributed by atoms with Crippen molar-refractivity contribution in [2.24, 2.45) is 0 Å². The Labute approximate surface area is 132 Å². The summed E-state index contributed by atoms with van der Waals surface area (Å²) in [5.41, 5.74) is 0.517. The number of benzene rings is 1. The summed E-state index contributed by atoms with van der Waals surface area (Å²) in [5.74, 6) is -1.66. The fourth-order valence-electron chi connectivity index (χ4n) is 2.67. The average molecular weight is 330 g/mol. The lowest BCUT2D eigenvalue weighted by Crippen LogP contribution is -2.38. The molecule has 1 N–H and O–H groups in total. The summed E-state index contributed by atoms with van der Waals surface area (Å²) in [5, 5.41) is 9.14. The summed E-state index contributed by atoms with van der Waals surface area (Å²) in [6.07, 6.45) is 0.206. The van der Waals surface area contributed by atoms with Crippen LogP contribution in [0.2, 0.25) is 5.02 Å². The van der Waals surface area contributed by atoms with Crippen molar-refractivity contribution in [3.8, 4) is 0 Å². The standard InChI is InChI=1S/C15H17ClFNO4/c1-22-12-6-11(7-15(20)21)18(8-12)14(19)4-9-2-3-10(17)5-13(9)16/h2-3,5,11-12H,4,6-8H2,1H3,(H,20,21). The molecule has 1 saturated heterocycles. The highest BCUT2D eigenvalue weighted by Crippen LogP contribution is 2.25. The Bertz CT molecular complexity index is 581. The minimum absolute atomic E-state index is 0.00562. The number of carboxylic acids is 1. The van der Waals surface area contributed by atoms with Gasteiger partial charge in [-0.1, -0.05) is 17.7 Å². The molecule has 1 fully saturated rings. The first kappa shape index (κ1) is 16.7. The average Bonchev–Trinajstić information content (AvgIpc) is 2.84. The van der Waals surface area contributed by atoms with Crippen LogP contribution in [0.15, 0.2) is 18.2 Å². The zero-order chi connectivity index (χ0) is 16.3. The first-order chi connectivity index (χ1) is 10.4. The summed E-state index contributed by atoms with van der Waals surface area (Å²) < 4.78 is 18.3. The van der Waals surface area contributed by atoms with Gasteiger partial charge >= 0.3 is 5.97 Å². The lowest BCUT2D eigenvalue weighted by atomic mass is 10.1. The molecular formula is C15H17ClFNO4. The number of nitrogens with zero attached hydrogens (tertiary/aromatic N) is 1. The molecule has 0 bridgehead atoms. The molecule has 1 aromatic rings. The minimum atomic E-state index is -0.959. The summed E-state index contributed by atoms with van der Waals surface area (Å²) in [7, 11) is 1.54. The molecule has 5 nitrogen and oxygen atoms in total. The highest BCUT2D eigenvalue weighted by atomic mass is 35.5. The van der Waals surface area contributed by atoms with Crippen molar-refractivity contribution < 1.29 is 23.8 Å². The monoisotopic (exact) mass is 329 g/mol. The molecule has 2 unspecified atom stereocenters. The van der Waals surface area contributed by atoms with Gasteiger partial charge in [-0.05, 0) is 24.1 Å². The Morgan fingerprint density at radius 1 is 1.50 bits per heavy atom. The Hall–Kier alpha value is -1.66. The van der Waals surface area contributed by atoms with E-state index in [1.165, 1.54) is 24.1 Å². The molecule has 1 aliphatic heterocycles. The van der Waals surface area contributed by atoms with Gasteiger partial charge < -0.3 is 14.7 Å². The number of methoxy groups -OCH3 is 1. The molecule has 0 aromatic heterocycles. The van der Waals surface area contributed by atoms with E-state index in [-0.39, 0.29) is 29.9 Å². The Kier molecular flexibility index (Phi) is 5.37. The fraction of sp³-hybridized carbons (Fsp3) is 0.467. The van der Waals surface area contributed by atoms with Gasteiger partial charge in [0, 0.05) is 24.7 Å². The number of amides is 1. The number of halogens is 2. The molecule has 120 valence electrons. The van der Waals surface area contributed by atoms with E-state index >= 15 is 0 Å². The normalized spacial score (nSPS) is 21.1.